The van der Waals surface area contributed by atoms with Gasteiger partial charge in [0.25, 0.3) is 11.8 Å². The summed E-state index contributed by atoms with van der Waals surface area (Å²) < 4.78 is 32.3. The number of nitrogens with one attached hydrogen (secondary N) is 3. The van der Waals surface area contributed by atoms with E-state index in [4.69, 9.17) is 14.2 Å². The molecule has 0 aromatic heterocycles. The first-order chi connectivity index (χ1) is 23.3. The summed E-state index contributed by atoms with van der Waals surface area (Å²) in [5.74, 6) is 0.110. The highest BCUT2D eigenvalue weighted by atomic mass is 19.1. The first-order valence-corrected chi connectivity index (χ1v) is 15.8. The Balaban J connectivity index is 1.19. The van der Waals surface area contributed by atoms with Crippen molar-refractivity contribution < 1.29 is 33.0 Å². The molecule has 0 saturated carbocycles. The largest absolute Gasteiger partial charge is 0.497 e. The number of fused-ring (bicyclic) bond motifs is 7. The van der Waals surface area contributed by atoms with Gasteiger partial charge in [-0.05, 0) is 77.2 Å². The molecule has 3 aliphatic rings. The van der Waals surface area contributed by atoms with Gasteiger partial charge >= 0.3 is 0 Å². The number of likely N-dealkylation sites (tertiary alicyclic amines) is 1. The van der Waals surface area contributed by atoms with Gasteiger partial charge in [-0.15, -0.1) is 0 Å². The topological polar surface area (TPSA) is 118 Å². The molecule has 3 heterocycles. The Morgan fingerprint density at radius 2 is 1.75 bits per heavy atom. The Bertz CT molecular complexity index is 1760. The van der Waals surface area contributed by atoms with Crippen LogP contribution in [0.1, 0.15) is 21.5 Å². The molecule has 10 nitrogen and oxygen atoms in total. The summed E-state index contributed by atoms with van der Waals surface area (Å²) >= 11 is 0. The highest BCUT2D eigenvalue weighted by Gasteiger charge is 2.37. The van der Waals surface area contributed by atoms with Crippen LogP contribution in [0.25, 0.3) is 11.1 Å². The zero-order chi connectivity index (χ0) is 33.5. The van der Waals surface area contributed by atoms with Crippen LogP contribution >= 0.6 is 0 Å². The zero-order valence-electron chi connectivity index (χ0n) is 26.5. The van der Waals surface area contributed by atoms with E-state index < -0.39 is 23.9 Å². The number of ether oxygens (including phenoxy) is 3. The molecule has 3 aliphatic heterocycles. The van der Waals surface area contributed by atoms with Crippen molar-refractivity contribution in [2.45, 2.75) is 25.1 Å². The monoisotopic (exact) mass is 652 g/mol. The number of nitrogens with zero attached hydrogens (tertiary/aromatic N) is 1. The summed E-state index contributed by atoms with van der Waals surface area (Å²) in [5, 5.41) is 8.79. The Morgan fingerprint density at radius 3 is 2.54 bits per heavy atom. The maximum atomic E-state index is 15.1. The van der Waals surface area contributed by atoms with E-state index in [0.29, 0.717) is 55.2 Å². The molecule has 48 heavy (non-hydrogen) atoms. The third-order valence-electron chi connectivity index (χ3n) is 8.37. The molecule has 1 saturated heterocycles. The van der Waals surface area contributed by atoms with Gasteiger partial charge in [-0.1, -0.05) is 42.5 Å². The van der Waals surface area contributed by atoms with E-state index in [2.05, 4.69) is 16.0 Å². The van der Waals surface area contributed by atoms with Gasteiger partial charge in [0.15, 0.2) is 6.61 Å². The minimum Gasteiger partial charge on any atom is -0.497 e. The standard InChI is InChI=1S/C37H37FN4O6/c1-46-28-10-5-24(6-11-28)15-16-39-35(43)22-42-20-33-34(21-42)48-29-12-7-25(8-13-29)19-40-36(44)23-47-30-4-2-3-26(17-30)27-9-14-32(38)31(18-27)37(45)41-33/h2-14,17-18,33-34H,15-16,19-23H2,1H3,(H,39,43)(H,40,44)(H,41,45)/t33-,34-/m0/s1. The van der Waals surface area contributed by atoms with Gasteiger partial charge in [0, 0.05) is 26.2 Å². The lowest BCUT2D eigenvalue weighted by molar-refractivity contribution is -0.123. The van der Waals surface area contributed by atoms with Crippen LogP contribution in [0.15, 0.2) is 91.0 Å². The summed E-state index contributed by atoms with van der Waals surface area (Å²) in [6.45, 7) is 1.40. The van der Waals surface area contributed by atoms with E-state index in [1.807, 2.05) is 47.4 Å². The number of rotatable bonds is 6. The van der Waals surface area contributed by atoms with Crippen LogP contribution in [0.4, 0.5) is 4.39 Å². The van der Waals surface area contributed by atoms with E-state index in [1.54, 1.807) is 43.5 Å². The molecule has 0 unspecified atom stereocenters. The second kappa shape index (κ2) is 15.0. The molecule has 0 radical (unpaired) electrons. The second-order valence-corrected chi connectivity index (χ2v) is 11.8. The number of methoxy groups -OCH3 is 1. The van der Waals surface area contributed by atoms with Crippen LogP contribution in [0.5, 0.6) is 17.2 Å². The predicted molar refractivity (Wildman–Crippen MR) is 177 cm³/mol. The van der Waals surface area contributed by atoms with Crippen molar-refractivity contribution in [2.75, 3.05) is 39.9 Å². The molecule has 1 fully saturated rings. The fourth-order valence-electron chi connectivity index (χ4n) is 5.79. The molecule has 248 valence electrons. The lowest BCUT2D eigenvalue weighted by Gasteiger charge is -2.22. The summed E-state index contributed by atoms with van der Waals surface area (Å²) in [7, 11) is 1.62. The number of halogens is 1. The second-order valence-electron chi connectivity index (χ2n) is 11.8. The molecular formula is C37H37FN4O6. The molecule has 7 rings (SSSR count). The number of benzene rings is 4. The van der Waals surface area contributed by atoms with Gasteiger partial charge in [0.1, 0.15) is 29.2 Å². The number of hydrogen-bond donors (Lipinski definition) is 3. The van der Waals surface area contributed by atoms with E-state index in [9.17, 15) is 14.4 Å². The molecule has 11 heteroatoms. The van der Waals surface area contributed by atoms with Crippen molar-refractivity contribution in [2.24, 2.45) is 0 Å². The summed E-state index contributed by atoms with van der Waals surface area (Å²) in [6, 6.07) is 25.8. The van der Waals surface area contributed by atoms with Crippen molar-refractivity contribution >= 4 is 17.7 Å². The summed E-state index contributed by atoms with van der Waals surface area (Å²) in [5.41, 5.74) is 3.13. The molecule has 0 aliphatic carbocycles. The minimum absolute atomic E-state index is 0.107. The first kappa shape index (κ1) is 32.5. The molecule has 0 spiro atoms. The average molecular weight is 653 g/mol. The van der Waals surface area contributed by atoms with Gasteiger partial charge in [-0.3, -0.25) is 19.3 Å². The van der Waals surface area contributed by atoms with Crippen LogP contribution in [0.3, 0.4) is 0 Å². The van der Waals surface area contributed by atoms with Gasteiger partial charge in [0.2, 0.25) is 5.91 Å². The molecular weight excluding hydrogens is 615 g/mol. The van der Waals surface area contributed by atoms with Crippen LogP contribution in [-0.2, 0) is 22.6 Å². The van der Waals surface area contributed by atoms with Gasteiger partial charge in [0.05, 0.1) is 25.3 Å². The van der Waals surface area contributed by atoms with E-state index >= 15 is 4.39 Å². The number of carbonyl (C=O) groups is 3. The third-order valence-corrected chi connectivity index (χ3v) is 8.37. The average Bonchev–Trinajstić information content (AvgIpc) is 3.46. The Hall–Kier alpha value is -5.42. The van der Waals surface area contributed by atoms with Crippen LogP contribution in [0, 0.1) is 5.82 Å². The van der Waals surface area contributed by atoms with Crippen LogP contribution in [-0.4, -0.2) is 74.7 Å². The molecule has 6 bridgehead atoms. The van der Waals surface area contributed by atoms with E-state index in [-0.39, 0.29) is 30.5 Å². The van der Waals surface area contributed by atoms with Gasteiger partial charge < -0.3 is 30.2 Å². The Labute approximate surface area is 278 Å². The highest BCUT2D eigenvalue weighted by molar-refractivity contribution is 5.96. The first-order valence-electron chi connectivity index (χ1n) is 15.8. The summed E-state index contributed by atoms with van der Waals surface area (Å²) in [4.78, 5) is 40.9. The van der Waals surface area contributed by atoms with Gasteiger partial charge in [-0.2, -0.15) is 0 Å². The van der Waals surface area contributed by atoms with Gasteiger partial charge in [-0.25, -0.2) is 4.39 Å². The Kier molecular flexibility index (Phi) is 10.2. The smallest absolute Gasteiger partial charge is 0.258 e. The maximum absolute atomic E-state index is 15.1. The molecule has 4 aromatic carbocycles. The molecule has 2 atom stereocenters. The number of hydrogen-bond acceptors (Lipinski definition) is 7. The zero-order valence-corrected chi connectivity index (χ0v) is 26.5. The number of amides is 3. The van der Waals surface area contributed by atoms with E-state index in [0.717, 1.165) is 16.9 Å². The van der Waals surface area contributed by atoms with Crippen molar-refractivity contribution in [3.05, 3.63) is 114 Å². The maximum Gasteiger partial charge on any atom is 0.258 e. The number of carbonyl (C=O) groups excluding carboxylic acids is 3. The van der Waals surface area contributed by atoms with E-state index in [1.165, 1.54) is 12.1 Å². The van der Waals surface area contributed by atoms with Crippen LogP contribution < -0.4 is 30.2 Å². The fourth-order valence-corrected chi connectivity index (χ4v) is 5.79. The normalized spacial score (nSPS) is 18.0. The van der Waals surface area contributed by atoms with Crippen molar-refractivity contribution in [3.8, 4) is 28.4 Å². The minimum atomic E-state index is -0.665. The molecule has 4 aromatic rings. The van der Waals surface area contributed by atoms with Crippen molar-refractivity contribution in [1.29, 1.82) is 0 Å². The quantitative estimate of drug-likeness (QED) is 0.291. The van der Waals surface area contributed by atoms with Crippen LogP contribution in [0.2, 0.25) is 0 Å². The van der Waals surface area contributed by atoms with Crippen molar-refractivity contribution in [1.82, 2.24) is 20.9 Å². The lowest BCUT2D eigenvalue weighted by atomic mass is 10.0. The summed E-state index contributed by atoms with van der Waals surface area (Å²) in [6.07, 6.45) is 0.152. The molecule has 3 N–H and O–H groups in total. The van der Waals surface area contributed by atoms with Crippen molar-refractivity contribution in [3.63, 3.8) is 0 Å². The Morgan fingerprint density at radius 1 is 0.958 bits per heavy atom. The lowest BCUT2D eigenvalue weighted by Crippen LogP contribution is -2.45. The molecule has 3 amide bonds. The predicted octanol–water partition coefficient (Wildman–Crippen LogP) is 3.73. The third kappa shape index (κ3) is 8.29. The fraction of sp³-hybridized carbons (Fsp3) is 0.270. The highest BCUT2D eigenvalue weighted by Crippen LogP contribution is 2.27. The SMILES string of the molecule is COc1ccc(CCNC(=O)CN2C[C@@H]3NC(=O)c4cc(ccc4F)-c4cccc(c4)OCC(=O)NCc4ccc(cc4)O[C@H]3C2)cc1.